The minimum absolute atomic E-state index is 0.0190. The summed E-state index contributed by atoms with van der Waals surface area (Å²) < 4.78 is 0. The lowest BCUT2D eigenvalue weighted by Gasteiger charge is -2.28. The van der Waals surface area contributed by atoms with Crippen molar-refractivity contribution in [3.8, 4) is 0 Å². The van der Waals surface area contributed by atoms with Crippen LogP contribution < -0.4 is 48.3 Å². The third-order valence-electron chi connectivity index (χ3n) is 10.7. The smallest absolute Gasteiger partial charge is 0.326 e. The molecule has 0 aliphatic rings. The van der Waals surface area contributed by atoms with Gasteiger partial charge in [0.2, 0.25) is 47.3 Å². The molecule has 0 saturated heterocycles. The second-order valence-corrected chi connectivity index (χ2v) is 17.2. The van der Waals surface area contributed by atoms with Crippen LogP contribution in [-0.4, -0.2) is 146 Å². The lowest BCUT2D eigenvalue weighted by Crippen LogP contribution is -2.61. The van der Waals surface area contributed by atoms with Crippen LogP contribution in [0.15, 0.2) is 42.9 Å². The molecule has 0 aliphatic carbocycles. The molecule has 0 unspecified atom stereocenters. The second-order valence-electron chi connectivity index (χ2n) is 17.2. The van der Waals surface area contributed by atoms with Gasteiger partial charge in [0.1, 0.15) is 42.3 Å². The molecule has 0 radical (unpaired) electrons. The highest BCUT2D eigenvalue weighted by molar-refractivity contribution is 5.97. The maximum absolute atomic E-state index is 13.7. The van der Waals surface area contributed by atoms with Crippen molar-refractivity contribution in [2.75, 3.05) is 13.1 Å². The van der Waals surface area contributed by atoms with Crippen molar-refractivity contribution in [1.82, 2.24) is 52.5 Å². The Balaban J connectivity index is 2.22. The van der Waals surface area contributed by atoms with E-state index in [9.17, 15) is 58.5 Å². The van der Waals surface area contributed by atoms with E-state index < -0.39 is 126 Å². The van der Waals surface area contributed by atoms with Gasteiger partial charge in [-0.25, -0.2) is 9.78 Å². The van der Waals surface area contributed by atoms with Gasteiger partial charge in [-0.3, -0.25) is 38.4 Å². The Morgan fingerprint density at radius 3 is 1.63 bits per heavy atom. The summed E-state index contributed by atoms with van der Waals surface area (Å²) in [5, 5.41) is 50.7. The SMILES string of the molecule is CC[C@H](C)[C@H](NC(=O)[C@H](Cc1cnc[nH]1)NC(=O)[C@@H](NC(=O)[C@H](CC(C)C)NC(=O)CNC(=O)[C@@H](NC(=O)[C@H](Cc1ccccc1)NC(=O)[C@@H](NC(=O)CN)C(C)C)[C@@H](C)O)[C@@H](C)O)C(=O)O. The standard InChI is InChI=1S/C44H69N11O12/c1-9-24(6)35(44(66)67)53-40(62)31(17-28-19-46-21-48-28)51-43(65)37(26(8)57)55-38(60)29(15-22(2)3)49-33(59)20-47-41(63)36(25(7)56)54-39(61)30(16-27-13-11-10-12-14-27)50-42(64)34(23(4)5)52-32(58)18-45/h10-14,19,21-26,29-31,34-37,56-57H,9,15-18,20,45H2,1-8H3,(H,46,48)(H,47,63)(H,49,59)(H,50,64)(H,51,65)(H,52,58)(H,53,62)(H,54,61)(H,55,60)(H,66,67)/t24-,25+,26+,29-,30-,31-,34-,35-,36-,37-/m0/s1. The minimum Gasteiger partial charge on any atom is -0.480 e. The molecule has 23 heteroatoms. The predicted molar refractivity (Wildman–Crippen MR) is 243 cm³/mol. The van der Waals surface area contributed by atoms with E-state index in [2.05, 4.69) is 52.5 Å². The number of amides is 8. The Hall–Kier alpha value is -6.46. The van der Waals surface area contributed by atoms with Gasteiger partial charge in [-0.1, -0.05) is 78.3 Å². The number of hydrogen-bond donors (Lipinski definition) is 13. The van der Waals surface area contributed by atoms with Crippen LogP contribution in [0.25, 0.3) is 0 Å². The summed E-state index contributed by atoms with van der Waals surface area (Å²) in [6, 6.07) is -1.06. The van der Waals surface area contributed by atoms with Crippen LogP contribution in [0.2, 0.25) is 0 Å². The highest BCUT2D eigenvalue weighted by atomic mass is 16.4. The molecule has 67 heavy (non-hydrogen) atoms. The van der Waals surface area contributed by atoms with Crippen molar-refractivity contribution in [2.45, 2.75) is 136 Å². The monoisotopic (exact) mass is 944 g/mol. The molecule has 10 atom stereocenters. The van der Waals surface area contributed by atoms with Crippen LogP contribution in [0.5, 0.6) is 0 Å². The first-order chi connectivity index (χ1) is 31.5. The van der Waals surface area contributed by atoms with E-state index in [0.29, 0.717) is 17.7 Å². The van der Waals surface area contributed by atoms with E-state index in [1.54, 1.807) is 71.9 Å². The average molecular weight is 944 g/mol. The zero-order valence-corrected chi connectivity index (χ0v) is 39.3. The number of aliphatic carboxylic acids is 1. The average Bonchev–Trinajstić information content (AvgIpc) is 3.79. The topological polar surface area (TPSA) is 365 Å². The maximum atomic E-state index is 13.7. The number of carboxylic acid groups (broad SMARTS) is 1. The molecule has 1 aromatic heterocycles. The summed E-state index contributed by atoms with van der Waals surface area (Å²) in [5.74, 6) is -9.19. The number of carboxylic acids is 1. The zero-order chi connectivity index (χ0) is 50.5. The largest absolute Gasteiger partial charge is 0.480 e. The van der Waals surface area contributed by atoms with Crippen LogP contribution in [0.3, 0.4) is 0 Å². The number of nitrogens with two attached hydrogens (primary N) is 1. The number of carbonyl (C=O) groups excluding carboxylic acids is 8. The van der Waals surface area contributed by atoms with Crippen molar-refractivity contribution in [1.29, 1.82) is 0 Å². The first-order valence-electron chi connectivity index (χ1n) is 22.2. The number of nitrogens with zero attached hydrogens (tertiary/aromatic N) is 1. The number of aromatic amines is 1. The van der Waals surface area contributed by atoms with Crippen molar-refractivity contribution in [2.24, 2.45) is 23.5 Å². The molecule has 8 amide bonds. The summed E-state index contributed by atoms with van der Waals surface area (Å²) in [6.45, 7) is 11.6. The number of aliphatic hydroxyl groups is 2. The van der Waals surface area contributed by atoms with Crippen molar-refractivity contribution in [3.63, 3.8) is 0 Å². The number of nitrogens with one attached hydrogen (secondary N) is 9. The predicted octanol–water partition coefficient (Wildman–Crippen LogP) is -2.74. The van der Waals surface area contributed by atoms with Crippen LogP contribution in [-0.2, 0) is 56.0 Å². The minimum atomic E-state index is -1.67. The molecule has 0 fully saturated rings. The fourth-order valence-corrected chi connectivity index (χ4v) is 6.66. The number of carbonyl (C=O) groups is 9. The molecule has 23 nitrogen and oxygen atoms in total. The summed E-state index contributed by atoms with van der Waals surface area (Å²) in [4.78, 5) is 125. The molecule has 2 aromatic rings. The van der Waals surface area contributed by atoms with E-state index in [-0.39, 0.29) is 31.7 Å². The fourth-order valence-electron chi connectivity index (χ4n) is 6.66. The summed E-state index contributed by atoms with van der Waals surface area (Å²) in [6.07, 6.45) is -0.0870. The van der Waals surface area contributed by atoms with Crippen molar-refractivity contribution >= 4 is 53.2 Å². The Bertz CT molecular complexity index is 1960. The van der Waals surface area contributed by atoms with Crippen molar-refractivity contribution in [3.05, 3.63) is 54.1 Å². The van der Waals surface area contributed by atoms with Gasteiger partial charge < -0.3 is 68.6 Å². The van der Waals surface area contributed by atoms with Gasteiger partial charge in [0.05, 0.1) is 31.6 Å². The number of benzene rings is 1. The van der Waals surface area contributed by atoms with Gasteiger partial charge in [0, 0.05) is 24.7 Å². The van der Waals surface area contributed by atoms with Gasteiger partial charge in [-0.05, 0) is 43.6 Å². The van der Waals surface area contributed by atoms with Crippen LogP contribution in [0.4, 0.5) is 0 Å². The zero-order valence-electron chi connectivity index (χ0n) is 39.3. The number of aromatic nitrogens is 2. The van der Waals surface area contributed by atoms with E-state index in [4.69, 9.17) is 5.73 Å². The Morgan fingerprint density at radius 2 is 1.15 bits per heavy atom. The third-order valence-corrected chi connectivity index (χ3v) is 10.7. The van der Waals surface area contributed by atoms with E-state index in [0.717, 1.165) is 0 Å². The van der Waals surface area contributed by atoms with Crippen LogP contribution >= 0.6 is 0 Å². The summed E-state index contributed by atoms with van der Waals surface area (Å²) >= 11 is 0. The molecule has 0 bridgehead atoms. The van der Waals surface area contributed by atoms with Crippen LogP contribution in [0, 0.1) is 17.8 Å². The van der Waals surface area contributed by atoms with Gasteiger partial charge in [-0.15, -0.1) is 0 Å². The van der Waals surface area contributed by atoms with Gasteiger partial charge in [0.15, 0.2) is 0 Å². The van der Waals surface area contributed by atoms with E-state index >= 15 is 0 Å². The van der Waals surface area contributed by atoms with E-state index in [1.165, 1.54) is 26.4 Å². The fraction of sp³-hybridized carbons (Fsp3) is 0.591. The van der Waals surface area contributed by atoms with Gasteiger partial charge >= 0.3 is 5.97 Å². The Morgan fingerprint density at radius 1 is 0.627 bits per heavy atom. The number of hydrogen-bond acceptors (Lipinski definition) is 13. The number of aliphatic hydroxyl groups excluding tert-OH is 2. The highest BCUT2D eigenvalue weighted by Crippen LogP contribution is 2.12. The third kappa shape index (κ3) is 19.1. The molecule has 1 aromatic carbocycles. The number of imidazole rings is 1. The quantitative estimate of drug-likeness (QED) is 0.0412. The molecule has 14 N–H and O–H groups in total. The lowest BCUT2D eigenvalue weighted by molar-refractivity contribution is -0.144. The van der Waals surface area contributed by atoms with E-state index in [1.807, 2.05) is 0 Å². The van der Waals surface area contributed by atoms with Crippen molar-refractivity contribution < 1.29 is 58.5 Å². The van der Waals surface area contributed by atoms with Gasteiger partial charge in [-0.2, -0.15) is 0 Å². The molecule has 0 saturated carbocycles. The first kappa shape index (κ1) is 56.7. The normalized spacial score (nSPS) is 15.7. The molecule has 0 aliphatic heterocycles. The maximum Gasteiger partial charge on any atom is 0.326 e. The lowest BCUT2D eigenvalue weighted by atomic mass is 9.98. The molecular formula is C44H69N11O12. The Kier molecular flexibility index (Phi) is 23.6. The second kappa shape index (κ2) is 27.9. The number of H-pyrrole nitrogens is 1. The molecule has 1 heterocycles. The highest BCUT2D eigenvalue weighted by Gasteiger charge is 2.36. The Labute approximate surface area is 389 Å². The summed E-state index contributed by atoms with van der Waals surface area (Å²) in [5.41, 5.74) is 6.47. The molecule has 2 rings (SSSR count). The number of rotatable bonds is 28. The first-order valence-corrected chi connectivity index (χ1v) is 22.2. The molecule has 372 valence electrons. The van der Waals surface area contributed by atoms with Crippen LogP contribution in [0.1, 0.15) is 79.5 Å². The van der Waals surface area contributed by atoms with Gasteiger partial charge in [0.25, 0.3) is 0 Å². The summed E-state index contributed by atoms with van der Waals surface area (Å²) in [7, 11) is 0. The molecule has 0 spiro atoms. The molecular weight excluding hydrogens is 875 g/mol.